The molecule has 0 fully saturated rings. The fourth-order valence-electron chi connectivity index (χ4n) is 1.47. The number of hydrogen-bond donors (Lipinski definition) is 1. The summed E-state index contributed by atoms with van der Waals surface area (Å²) in [6.45, 7) is 4.18. The second-order valence-electron chi connectivity index (χ2n) is 3.77. The van der Waals surface area contributed by atoms with Crippen molar-refractivity contribution in [2.75, 3.05) is 0 Å². The van der Waals surface area contributed by atoms with Crippen LogP contribution in [0.15, 0.2) is 23.1 Å². The normalized spacial score (nSPS) is 19.2. The van der Waals surface area contributed by atoms with E-state index in [2.05, 4.69) is 18.8 Å². The zero-order valence-corrected chi connectivity index (χ0v) is 8.28. The lowest BCUT2D eigenvalue weighted by atomic mass is 10.0. The van der Waals surface area contributed by atoms with Crippen molar-refractivity contribution in [3.63, 3.8) is 0 Å². The molecule has 1 N–H and O–H groups in total. The SMILES string of the molecule is CC(C)[C@@H]1C=Cc2c(cc[nH]c2=O)O1. The minimum absolute atomic E-state index is 0.0734. The Morgan fingerprint density at radius 2 is 2.29 bits per heavy atom. The second-order valence-corrected chi connectivity index (χ2v) is 3.77. The van der Waals surface area contributed by atoms with Crippen LogP contribution in [-0.2, 0) is 0 Å². The molecule has 3 nitrogen and oxygen atoms in total. The van der Waals surface area contributed by atoms with Crippen molar-refractivity contribution in [2.24, 2.45) is 5.92 Å². The van der Waals surface area contributed by atoms with Crippen LogP contribution in [0.25, 0.3) is 6.08 Å². The van der Waals surface area contributed by atoms with Gasteiger partial charge >= 0.3 is 0 Å². The average molecular weight is 191 g/mol. The standard InChI is InChI=1S/C11H13NO2/c1-7(2)9-4-3-8-10(14-9)5-6-12-11(8)13/h3-7,9H,1-2H3,(H,12,13)/t9-/m0/s1. The largest absolute Gasteiger partial charge is 0.485 e. The first-order valence-electron chi connectivity index (χ1n) is 4.75. The smallest absolute Gasteiger partial charge is 0.258 e. The van der Waals surface area contributed by atoms with Gasteiger partial charge in [0.15, 0.2) is 0 Å². The van der Waals surface area contributed by atoms with Crippen LogP contribution < -0.4 is 10.3 Å². The maximum atomic E-state index is 11.4. The highest BCUT2D eigenvalue weighted by Crippen LogP contribution is 2.24. The van der Waals surface area contributed by atoms with E-state index in [0.717, 1.165) is 0 Å². The van der Waals surface area contributed by atoms with E-state index < -0.39 is 0 Å². The van der Waals surface area contributed by atoms with Crippen molar-refractivity contribution < 1.29 is 4.74 Å². The van der Waals surface area contributed by atoms with Gasteiger partial charge in [0.25, 0.3) is 5.56 Å². The fourth-order valence-corrected chi connectivity index (χ4v) is 1.47. The number of rotatable bonds is 1. The van der Waals surface area contributed by atoms with Crippen LogP contribution in [0.5, 0.6) is 5.75 Å². The third-order valence-corrected chi connectivity index (χ3v) is 2.33. The summed E-state index contributed by atoms with van der Waals surface area (Å²) >= 11 is 0. The third kappa shape index (κ3) is 1.45. The summed E-state index contributed by atoms with van der Waals surface area (Å²) < 4.78 is 5.67. The van der Waals surface area contributed by atoms with Crippen LogP contribution in [0.2, 0.25) is 0 Å². The summed E-state index contributed by atoms with van der Waals surface area (Å²) in [5.74, 6) is 1.09. The topological polar surface area (TPSA) is 42.1 Å². The Kier molecular flexibility index (Phi) is 2.15. The third-order valence-electron chi connectivity index (χ3n) is 2.33. The maximum Gasteiger partial charge on any atom is 0.258 e. The number of pyridine rings is 1. The molecular formula is C11H13NO2. The van der Waals surface area contributed by atoms with E-state index >= 15 is 0 Å². The molecule has 2 heterocycles. The molecule has 0 aliphatic carbocycles. The van der Waals surface area contributed by atoms with Gasteiger partial charge in [0.1, 0.15) is 11.9 Å². The van der Waals surface area contributed by atoms with Gasteiger partial charge in [-0.3, -0.25) is 4.79 Å². The number of ether oxygens (including phenoxy) is 1. The highest BCUT2D eigenvalue weighted by Gasteiger charge is 2.18. The van der Waals surface area contributed by atoms with Crippen LogP contribution >= 0.6 is 0 Å². The molecule has 74 valence electrons. The molecule has 1 aliphatic rings. The van der Waals surface area contributed by atoms with Crippen molar-refractivity contribution in [1.29, 1.82) is 0 Å². The minimum atomic E-state index is -0.0963. The lowest BCUT2D eigenvalue weighted by molar-refractivity contribution is 0.194. The van der Waals surface area contributed by atoms with Crippen molar-refractivity contribution in [2.45, 2.75) is 20.0 Å². The maximum absolute atomic E-state index is 11.4. The first-order valence-corrected chi connectivity index (χ1v) is 4.75. The Bertz CT molecular complexity index is 418. The van der Waals surface area contributed by atoms with Gasteiger partial charge in [0.05, 0.1) is 5.56 Å². The first-order chi connectivity index (χ1) is 6.68. The van der Waals surface area contributed by atoms with Crippen molar-refractivity contribution in [3.8, 4) is 5.75 Å². The monoisotopic (exact) mass is 191 g/mol. The summed E-state index contributed by atoms with van der Waals surface area (Å²) in [6, 6.07) is 1.79. The Balaban J connectivity index is 2.41. The summed E-state index contributed by atoms with van der Waals surface area (Å²) in [4.78, 5) is 14.0. The molecule has 1 aromatic heterocycles. The molecule has 14 heavy (non-hydrogen) atoms. The quantitative estimate of drug-likeness (QED) is 0.735. The zero-order chi connectivity index (χ0) is 10.1. The van der Waals surface area contributed by atoms with Crippen LogP contribution in [0.4, 0.5) is 0 Å². The van der Waals surface area contributed by atoms with Gasteiger partial charge < -0.3 is 9.72 Å². The second kappa shape index (κ2) is 3.33. The molecule has 0 spiro atoms. The molecule has 1 aliphatic heterocycles. The van der Waals surface area contributed by atoms with Crippen molar-refractivity contribution in [3.05, 3.63) is 34.3 Å². The van der Waals surface area contributed by atoms with Gasteiger partial charge in [0, 0.05) is 6.20 Å². The predicted octanol–water partition coefficient (Wildman–Crippen LogP) is 1.81. The summed E-state index contributed by atoms with van der Waals surface area (Å²) in [7, 11) is 0. The van der Waals surface area contributed by atoms with Crippen LogP contribution in [0.3, 0.4) is 0 Å². The van der Waals surface area contributed by atoms with Crippen LogP contribution in [-0.4, -0.2) is 11.1 Å². The Labute approximate surface area is 82.4 Å². The van der Waals surface area contributed by atoms with Crippen LogP contribution in [0.1, 0.15) is 19.4 Å². The summed E-state index contributed by atoms with van der Waals surface area (Å²) in [5.41, 5.74) is 0.519. The van der Waals surface area contributed by atoms with Gasteiger partial charge in [0.2, 0.25) is 0 Å². The lowest BCUT2D eigenvalue weighted by Crippen LogP contribution is -2.25. The van der Waals surface area contributed by atoms with E-state index in [1.54, 1.807) is 12.3 Å². The molecule has 0 saturated carbocycles. The molecule has 2 rings (SSSR count). The molecule has 0 bridgehead atoms. The van der Waals surface area contributed by atoms with E-state index in [4.69, 9.17) is 4.74 Å². The molecule has 0 amide bonds. The highest BCUT2D eigenvalue weighted by atomic mass is 16.5. The van der Waals surface area contributed by atoms with Gasteiger partial charge in [-0.25, -0.2) is 0 Å². The highest BCUT2D eigenvalue weighted by molar-refractivity contribution is 5.58. The van der Waals surface area contributed by atoms with E-state index in [9.17, 15) is 4.79 Å². The molecule has 1 aromatic rings. The minimum Gasteiger partial charge on any atom is -0.485 e. The van der Waals surface area contributed by atoms with Gasteiger partial charge in [-0.15, -0.1) is 0 Å². The van der Waals surface area contributed by atoms with Crippen molar-refractivity contribution >= 4 is 6.08 Å². The van der Waals surface area contributed by atoms with E-state index in [1.807, 2.05) is 12.2 Å². The summed E-state index contributed by atoms with van der Waals surface area (Å²) in [6.07, 6.45) is 5.45. The molecule has 0 radical (unpaired) electrons. The number of aromatic nitrogens is 1. The van der Waals surface area contributed by atoms with Crippen LogP contribution in [0, 0.1) is 5.92 Å². The van der Waals surface area contributed by atoms with E-state index in [-0.39, 0.29) is 11.7 Å². The van der Waals surface area contributed by atoms with Gasteiger partial charge in [-0.05, 0) is 24.1 Å². The molecule has 0 unspecified atom stereocenters. The molecular weight excluding hydrogens is 178 g/mol. The molecule has 3 heteroatoms. The molecule has 0 saturated heterocycles. The average Bonchev–Trinajstić information content (AvgIpc) is 2.17. The van der Waals surface area contributed by atoms with Crippen molar-refractivity contribution in [1.82, 2.24) is 4.98 Å². The first kappa shape index (κ1) is 9.06. The zero-order valence-electron chi connectivity index (χ0n) is 8.28. The van der Waals surface area contributed by atoms with E-state index in [0.29, 0.717) is 17.2 Å². The Hall–Kier alpha value is -1.51. The number of H-pyrrole nitrogens is 1. The number of hydrogen-bond acceptors (Lipinski definition) is 2. The number of fused-ring (bicyclic) bond motifs is 1. The lowest BCUT2D eigenvalue weighted by Gasteiger charge is -2.23. The molecule has 1 atom stereocenters. The number of nitrogens with one attached hydrogen (secondary N) is 1. The predicted molar refractivity (Wildman–Crippen MR) is 55.4 cm³/mol. The molecule has 0 aromatic carbocycles. The van der Waals surface area contributed by atoms with E-state index in [1.165, 1.54) is 0 Å². The summed E-state index contributed by atoms with van der Waals surface area (Å²) in [5, 5.41) is 0. The van der Waals surface area contributed by atoms with Gasteiger partial charge in [-0.1, -0.05) is 13.8 Å². The Morgan fingerprint density at radius 3 is 3.00 bits per heavy atom. The fraction of sp³-hybridized carbons (Fsp3) is 0.364. The van der Waals surface area contributed by atoms with Gasteiger partial charge in [-0.2, -0.15) is 0 Å². The number of aromatic amines is 1. The Morgan fingerprint density at radius 1 is 1.50 bits per heavy atom.